The number of hydrogen-bond donors (Lipinski definition) is 2. The predicted molar refractivity (Wildman–Crippen MR) is 68.6 cm³/mol. The van der Waals surface area contributed by atoms with Gasteiger partial charge in [0.15, 0.2) is 0 Å². The van der Waals surface area contributed by atoms with E-state index in [2.05, 4.69) is 22.1 Å². The van der Waals surface area contributed by atoms with Gasteiger partial charge < -0.3 is 5.32 Å². The molecular weight excluding hydrogens is 252 g/mol. The first-order valence-corrected chi connectivity index (χ1v) is 7.67. The third kappa shape index (κ3) is 3.30. The van der Waals surface area contributed by atoms with E-state index in [0.717, 1.165) is 19.4 Å². The van der Waals surface area contributed by atoms with E-state index in [1.807, 2.05) is 0 Å². The summed E-state index contributed by atoms with van der Waals surface area (Å²) < 4.78 is 28.1. The summed E-state index contributed by atoms with van der Waals surface area (Å²) in [6.07, 6.45) is 5.02. The minimum atomic E-state index is -3.41. The fraction of sp³-hybridized carbons (Fsp3) is 0.727. The molecule has 0 amide bonds. The van der Waals surface area contributed by atoms with E-state index >= 15 is 0 Å². The Morgan fingerprint density at radius 2 is 2.33 bits per heavy atom. The Kier molecular flexibility index (Phi) is 4.04. The van der Waals surface area contributed by atoms with Crippen molar-refractivity contribution in [2.45, 2.75) is 30.7 Å². The van der Waals surface area contributed by atoms with Crippen molar-refractivity contribution < 1.29 is 8.42 Å². The van der Waals surface area contributed by atoms with Gasteiger partial charge in [0.05, 0.1) is 6.20 Å². The van der Waals surface area contributed by atoms with Crippen molar-refractivity contribution in [1.29, 1.82) is 0 Å². The molecule has 0 saturated carbocycles. The minimum absolute atomic E-state index is 0.224. The molecule has 1 aliphatic rings. The lowest BCUT2D eigenvalue weighted by atomic mass is 9.96. The fourth-order valence-corrected chi connectivity index (χ4v) is 3.18. The second kappa shape index (κ2) is 5.38. The number of nitrogens with one attached hydrogen (secondary N) is 2. The van der Waals surface area contributed by atoms with Crippen molar-refractivity contribution in [3.8, 4) is 0 Å². The third-order valence-corrected chi connectivity index (χ3v) is 4.69. The van der Waals surface area contributed by atoms with Crippen molar-refractivity contribution in [1.82, 2.24) is 19.8 Å². The highest BCUT2D eigenvalue weighted by atomic mass is 32.2. The van der Waals surface area contributed by atoms with E-state index < -0.39 is 10.0 Å². The van der Waals surface area contributed by atoms with E-state index in [4.69, 9.17) is 0 Å². The van der Waals surface area contributed by atoms with Crippen LogP contribution in [0.15, 0.2) is 17.3 Å². The van der Waals surface area contributed by atoms with Gasteiger partial charge in [0.1, 0.15) is 4.90 Å². The molecule has 6 nitrogen and oxygen atoms in total. The lowest BCUT2D eigenvalue weighted by molar-refractivity contribution is 0.323. The van der Waals surface area contributed by atoms with Crippen LogP contribution in [0.2, 0.25) is 0 Å². The maximum atomic E-state index is 12.0. The molecule has 0 bridgehead atoms. The largest absolute Gasteiger partial charge is 0.314 e. The summed E-state index contributed by atoms with van der Waals surface area (Å²) in [6.45, 7) is 3.50. The van der Waals surface area contributed by atoms with Crippen LogP contribution in [0.3, 0.4) is 0 Å². The van der Waals surface area contributed by atoms with Gasteiger partial charge in [0, 0.05) is 25.8 Å². The number of hydrogen-bond acceptors (Lipinski definition) is 4. The lowest BCUT2D eigenvalue weighted by Crippen LogP contribution is -2.41. The van der Waals surface area contributed by atoms with Gasteiger partial charge in [-0.15, -0.1) is 0 Å². The highest BCUT2D eigenvalue weighted by Crippen LogP contribution is 2.14. The highest BCUT2D eigenvalue weighted by molar-refractivity contribution is 7.89. The fourth-order valence-electron chi connectivity index (χ4n) is 2.08. The van der Waals surface area contributed by atoms with Gasteiger partial charge in [0.25, 0.3) is 0 Å². The molecule has 1 saturated heterocycles. The number of rotatable bonds is 4. The summed E-state index contributed by atoms with van der Waals surface area (Å²) in [6, 6.07) is 0.538. The highest BCUT2D eigenvalue weighted by Gasteiger charge is 2.21. The van der Waals surface area contributed by atoms with Gasteiger partial charge in [-0.25, -0.2) is 13.1 Å². The van der Waals surface area contributed by atoms with E-state index in [1.165, 1.54) is 17.1 Å². The Morgan fingerprint density at radius 1 is 1.56 bits per heavy atom. The quantitative estimate of drug-likeness (QED) is 0.814. The molecular formula is C11H20N4O2S. The normalized spacial score (nSPS) is 25.2. The molecule has 7 heteroatoms. The summed E-state index contributed by atoms with van der Waals surface area (Å²) in [5, 5.41) is 7.23. The van der Waals surface area contributed by atoms with Gasteiger partial charge in [-0.05, 0) is 32.2 Å². The number of aromatic nitrogens is 2. The van der Waals surface area contributed by atoms with Crippen LogP contribution in [-0.2, 0) is 17.1 Å². The molecule has 0 aliphatic carbocycles. The average Bonchev–Trinajstić information content (AvgIpc) is 2.76. The monoisotopic (exact) mass is 272 g/mol. The van der Waals surface area contributed by atoms with E-state index in [1.54, 1.807) is 7.05 Å². The molecule has 1 aromatic rings. The Hall–Kier alpha value is -0.920. The standard InChI is InChI=1S/C11H20N4O2S/c1-9-3-4-10(5-12-9)6-14-18(16,17)11-7-13-15(2)8-11/h7-10,12,14H,3-6H2,1-2H3. The molecule has 2 unspecified atom stereocenters. The molecule has 1 aromatic heterocycles. The van der Waals surface area contributed by atoms with Gasteiger partial charge >= 0.3 is 0 Å². The summed E-state index contributed by atoms with van der Waals surface area (Å²) in [4.78, 5) is 0.224. The van der Waals surface area contributed by atoms with E-state index in [9.17, 15) is 8.42 Å². The van der Waals surface area contributed by atoms with Crippen LogP contribution in [0.1, 0.15) is 19.8 Å². The molecule has 2 rings (SSSR count). The van der Waals surface area contributed by atoms with Crippen LogP contribution < -0.4 is 10.0 Å². The molecule has 0 radical (unpaired) electrons. The summed E-state index contributed by atoms with van der Waals surface area (Å²) in [5.41, 5.74) is 0. The Balaban J connectivity index is 1.90. The van der Waals surface area contributed by atoms with E-state index in [0.29, 0.717) is 18.5 Å². The molecule has 102 valence electrons. The van der Waals surface area contributed by atoms with E-state index in [-0.39, 0.29) is 4.90 Å². The first-order chi connectivity index (χ1) is 8.47. The number of nitrogens with zero attached hydrogens (tertiary/aromatic N) is 2. The second-order valence-electron chi connectivity index (χ2n) is 4.95. The number of aryl methyl sites for hydroxylation is 1. The van der Waals surface area contributed by atoms with Crippen molar-refractivity contribution in [3.63, 3.8) is 0 Å². The van der Waals surface area contributed by atoms with Crippen molar-refractivity contribution >= 4 is 10.0 Å². The average molecular weight is 272 g/mol. The SMILES string of the molecule is CC1CCC(CNS(=O)(=O)c2cnn(C)c2)CN1. The first kappa shape index (κ1) is 13.5. The van der Waals surface area contributed by atoms with Crippen LogP contribution in [0.4, 0.5) is 0 Å². The minimum Gasteiger partial charge on any atom is -0.314 e. The van der Waals surface area contributed by atoms with Crippen LogP contribution in [-0.4, -0.2) is 37.3 Å². The summed E-state index contributed by atoms with van der Waals surface area (Å²) >= 11 is 0. The zero-order valence-electron chi connectivity index (χ0n) is 10.8. The molecule has 18 heavy (non-hydrogen) atoms. The third-order valence-electron chi connectivity index (χ3n) is 3.32. The Labute approximate surface area is 108 Å². The number of piperidine rings is 1. The lowest BCUT2D eigenvalue weighted by Gasteiger charge is -2.27. The first-order valence-electron chi connectivity index (χ1n) is 6.19. The van der Waals surface area contributed by atoms with Crippen LogP contribution >= 0.6 is 0 Å². The molecule has 0 spiro atoms. The molecule has 2 heterocycles. The molecule has 0 aromatic carbocycles. The molecule has 1 aliphatic heterocycles. The van der Waals surface area contributed by atoms with Gasteiger partial charge in [0.2, 0.25) is 10.0 Å². The van der Waals surface area contributed by atoms with Crippen LogP contribution in [0.25, 0.3) is 0 Å². The van der Waals surface area contributed by atoms with Crippen LogP contribution in [0, 0.1) is 5.92 Å². The Morgan fingerprint density at radius 3 is 2.89 bits per heavy atom. The Bertz CT molecular complexity index is 489. The molecule has 2 atom stereocenters. The topological polar surface area (TPSA) is 76.0 Å². The number of sulfonamides is 1. The summed E-state index contributed by atoms with van der Waals surface area (Å²) in [7, 11) is -1.71. The molecule has 2 N–H and O–H groups in total. The van der Waals surface area contributed by atoms with Crippen molar-refractivity contribution in [2.75, 3.05) is 13.1 Å². The molecule has 1 fully saturated rings. The predicted octanol–water partition coefficient (Wildman–Crippen LogP) is 0.0865. The van der Waals surface area contributed by atoms with Gasteiger partial charge in [-0.3, -0.25) is 4.68 Å². The van der Waals surface area contributed by atoms with Crippen molar-refractivity contribution in [2.24, 2.45) is 13.0 Å². The van der Waals surface area contributed by atoms with Crippen molar-refractivity contribution in [3.05, 3.63) is 12.4 Å². The smallest absolute Gasteiger partial charge is 0.243 e. The zero-order chi connectivity index (χ0) is 13.2. The zero-order valence-corrected chi connectivity index (χ0v) is 11.6. The van der Waals surface area contributed by atoms with Gasteiger partial charge in [-0.2, -0.15) is 5.10 Å². The van der Waals surface area contributed by atoms with Gasteiger partial charge in [-0.1, -0.05) is 0 Å². The second-order valence-corrected chi connectivity index (χ2v) is 6.72. The van der Waals surface area contributed by atoms with Crippen LogP contribution in [0.5, 0.6) is 0 Å². The maximum absolute atomic E-state index is 12.0. The maximum Gasteiger partial charge on any atom is 0.243 e. The summed E-state index contributed by atoms with van der Waals surface area (Å²) in [5.74, 6) is 0.368.